The van der Waals surface area contributed by atoms with Crippen molar-refractivity contribution < 1.29 is 9.59 Å². The Balaban J connectivity index is 1.83. The van der Waals surface area contributed by atoms with Gasteiger partial charge < -0.3 is 0 Å². The van der Waals surface area contributed by atoms with Crippen molar-refractivity contribution >= 4 is 45.1 Å². The number of aromatic nitrogens is 1. The molecule has 7 heteroatoms. The third-order valence-corrected chi connectivity index (χ3v) is 6.61. The minimum Gasteiger partial charge on any atom is -0.298 e. The van der Waals surface area contributed by atoms with E-state index in [1.54, 1.807) is 28.7 Å². The SMILES string of the molecule is CN1Cc2c(sc3c2CCCC3)C(=O)N1c1cncc(Br)c1C=O. The van der Waals surface area contributed by atoms with Gasteiger partial charge in [0, 0.05) is 29.1 Å². The number of aldehydes is 1. The van der Waals surface area contributed by atoms with E-state index in [1.165, 1.54) is 28.8 Å². The minimum atomic E-state index is -0.0684. The largest absolute Gasteiger partial charge is 0.298 e. The van der Waals surface area contributed by atoms with E-state index in [0.717, 1.165) is 24.0 Å². The Bertz CT molecular complexity index is 849. The number of pyridine rings is 1. The van der Waals surface area contributed by atoms with Gasteiger partial charge in [-0.1, -0.05) is 0 Å². The summed E-state index contributed by atoms with van der Waals surface area (Å²) < 4.78 is 0.590. The van der Waals surface area contributed by atoms with E-state index >= 15 is 0 Å². The van der Waals surface area contributed by atoms with E-state index in [4.69, 9.17) is 0 Å². The van der Waals surface area contributed by atoms with Crippen molar-refractivity contribution in [3.8, 4) is 0 Å². The van der Waals surface area contributed by atoms with Crippen LogP contribution < -0.4 is 5.01 Å². The van der Waals surface area contributed by atoms with Gasteiger partial charge in [-0.2, -0.15) is 0 Å². The standard InChI is InChI=1S/C17H16BrN3O2S/c1-20-8-11-10-4-2-3-5-15(10)24-16(11)17(23)21(20)14-7-19-6-13(18)12(14)9-22/h6-7,9H,2-5,8H2,1H3. The molecule has 0 N–H and O–H groups in total. The summed E-state index contributed by atoms with van der Waals surface area (Å²) in [6.07, 6.45) is 8.44. The Morgan fingerprint density at radius 3 is 2.83 bits per heavy atom. The smallest absolute Gasteiger partial charge is 0.283 e. The first kappa shape index (κ1) is 15.9. The highest BCUT2D eigenvalue weighted by molar-refractivity contribution is 9.10. The van der Waals surface area contributed by atoms with Gasteiger partial charge in [0.05, 0.1) is 22.3 Å². The van der Waals surface area contributed by atoms with Gasteiger partial charge in [-0.15, -0.1) is 11.3 Å². The van der Waals surface area contributed by atoms with E-state index in [9.17, 15) is 9.59 Å². The summed E-state index contributed by atoms with van der Waals surface area (Å²) in [5.41, 5.74) is 3.51. The van der Waals surface area contributed by atoms with Crippen molar-refractivity contribution in [2.75, 3.05) is 12.1 Å². The van der Waals surface area contributed by atoms with Crippen LogP contribution in [0.1, 0.15) is 48.9 Å². The highest BCUT2D eigenvalue weighted by Gasteiger charge is 2.36. The fraction of sp³-hybridized carbons (Fsp3) is 0.353. The topological polar surface area (TPSA) is 53.5 Å². The molecule has 0 fully saturated rings. The van der Waals surface area contributed by atoms with Gasteiger partial charge in [0.2, 0.25) is 0 Å². The summed E-state index contributed by atoms with van der Waals surface area (Å²) >= 11 is 4.97. The number of hydrogen-bond acceptors (Lipinski definition) is 5. The minimum absolute atomic E-state index is 0.0684. The third kappa shape index (κ3) is 2.34. The molecule has 2 aliphatic rings. The fourth-order valence-electron chi connectivity index (χ4n) is 3.54. The zero-order valence-corrected chi connectivity index (χ0v) is 15.6. The lowest BCUT2D eigenvalue weighted by atomic mass is 9.94. The molecule has 4 rings (SSSR count). The van der Waals surface area contributed by atoms with Crippen LogP contribution in [0.4, 0.5) is 5.69 Å². The molecular formula is C17H16BrN3O2S. The Morgan fingerprint density at radius 1 is 1.25 bits per heavy atom. The van der Waals surface area contributed by atoms with Crippen LogP contribution in [0.3, 0.4) is 0 Å². The predicted molar refractivity (Wildman–Crippen MR) is 96.6 cm³/mol. The molecule has 0 aromatic carbocycles. The number of hydrogen-bond donors (Lipinski definition) is 0. The lowest BCUT2D eigenvalue weighted by Gasteiger charge is -2.36. The molecular weight excluding hydrogens is 390 g/mol. The van der Waals surface area contributed by atoms with Crippen molar-refractivity contribution in [3.63, 3.8) is 0 Å². The number of carbonyl (C=O) groups is 2. The number of halogens is 1. The second kappa shape index (κ2) is 6.06. The summed E-state index contributed by atoms with van der Waals surface area (Å²) in [6.45, 7) is 0.678. The van der Waals surface area contributed by atoms with Crippen molar-refractivity contribution in [1.82, 2.24) is 9.99 Å². The average Bonchev–Trinajstić information content (AvgIpc) is 2.94. The van der Waals surface area contributed by atoms with E-state index in [0.29, 0.717) is 22.3 Å². The van der Waals surface area contributed by atoms with Crippen molar-refractivity contribution in [2.45, 2.75) is 32.2 Å². The van der Waals surface area contributed by atoms with Gasteiger partial charge in [-0.05, 0) is 52.7 Å². The number of fused-ring (bicyclic) bond motifs is 3. The highest BCUT2D eigenvalue weighted by Crippen LogP contribution is 2.40. The summed E-state index contributed by atoms with van der Waals surface area (Å²) in [5, 5.41) is 3.45. The molecule has 1 aliphatic heterocycles. The van der Waals surface area contributed by atoms with Crippen LogP contribution in [0.2, 0.25) is 0 Å². The monoisotopic (exact) mass is 405 g/mol. The molecule has 0 atom stereocenters. The summed E-state index contributed by atoms with van der Waals surface area (Å²) in [7, 11) is 1.88. The number of nitrogens with zero attached hydrogens (tertiary/aromatic N) is 3. The molecule has 0 bridgehead atoms. The zero-order chi connectivity index (χ0) is 16.8. The van der Waals surface area contributed by atoms with Crippen LogP contribution in [-0.2, 0) is 19.4 Å². The maximum atomic E-state index is 13.2. The molecule has 3 heterocycles. The van der Waals surface area contributed by atoms with Crippen LogP contribution in [0, 0.1) is 0 Å². The molecule has 0 saturated heterocycles. The first-order valence-corrected chi connectivity index (χ1v) is 9.50. The Morgan fingerprint density at radius 2 is 2.04 bits per heavy atom. The molecule has 0 unspecified atom stereocenters. The first-order chi connectivity index (χ1) is 11.6. The molecule has 24 heavy (non-hydrogen) atoms. The second-order valence-electron chi connectivity index (χ2n) is 6.12. The van der Waals surface area contributed by atoms with Gasteiger partial charge in [-0.3, -0.25) is 14.6 Å². The van der Waals surface area contributed by atoms with Crippen LogP contribution in [0.5, 0.6) is 0 Å². The summed E-state index contributed by atoms with van der Waals surface area (Å²) in [6, 6.07) is 0. The summed E-state index contributed by atoms with van der Waals surface area (Å²) in [4.78, 5) is 31.0. The van der Waals surface area contributed by atoms with Crippen molar-refractivity contribution in [3.05, 3.63) is 43.3 Å². The highest BCUT2D eigenvalue weighted by atomic mass is 79.9. The van der Waals surface area contributed by atoms with Gasteiger partial charge in [0.25, 0.3) is 5.91 Å². The second-order valence-corrected chi connectivity index (χ2v) is 8.08. The Hall–Kier alpha value is -1.57. The van der Waals surface area contributed by atoms with E-state index in [2.05, 4.69) is 20.9 Å². The molecule has 2 aromatic rings. The molecule has 1 amide bonds. The zero-order valence-electron chi connectivity index (χ0n) is 13.2. The number of carbonyl (C=O) groups excluding carboxylic acids is 2. The van der Waals surface area contributed by atoms with Crippen LogP contribution >= 0.6 is 27.3 Å². The first-order valence-electron chi connectivity index (χ1n) is 7.89. The molecule has 0 spiro atoms. The van der Waals surface area contributed by atoms with Gasteiger partial charge in [-0.25, -0.2) is 10.0 Å². The van der Waals surface area contributed by atoms with E-state index in [1.807, 2.05) is 12.1 Å². The van der Waals surface area contributed by atoms with Gasteiger partial charge >= 0.3 is 0 Å². The van der Waals surface area contributed by atoms with E-state index in [-0.39, 0.29) is 5.91 Å². The van der Waals surface area contributed by atoms with E-state index < -0.39 is 0 Å². The molecule has 2 aromatic heterocycles. The van der Waals surface area contributed by atoms with Gasteiger partial charge in [0.15, 0.2) is 6.29 Å². The Labute approximate surface area is 152 Å². The lowest BCUT2D eigenvalue weighted by Crippen LogP contribution is -2.48. The number of aryl methyl sites for hydroxylation is 1. The van der Waals surface area contributed by atoms with Crippen LogP contribution in [-0.4, -0.2) is 29.2 Å². The number of amides is 1. The lowest BCUT2D eigenvalue weighted by molar-refractivity contribution is 0.0891. The molecule has 5 nitrogen and oxygen atoms in total. The number of rotatable bonds is 2. The van der Waals surface area contributed by atoms with Crippen LogP contribution in [0.25, 0.3) is 0 Å². The average molecular weight is 406 g/mol. The normalized spacial score (nSPS) is 17.6. The molecule has 1 aliphatic carbocycles. The number of hydrazine groups is 1. The number of anilines is 1. The Kier molecular flexibility index (Phi) is 4.02. The van der Waals surface area contributed by atoms with Gasteiger partial charge in [0.1, 0.15) is 0 Å². The fourth-order valence-corrected chi connectivity index (χ4v) is 5.28. The van der Waals surface area contributed by atoms with Crippen molar-refractivity contribution in [2.24, 2.45) is 0 Å². The van der Waals surface area contributed by atoms with Crippen LogP contribution in [0.15, 0.2) is 16.9 Å². The van der Waals surface area contributed by atoms with Crippen molar-refractivity contribution in [1.29, 1.82) is 0 Å². The molecule has 0 radical (unpaired) electrons. The maximum Gasteiger partial charge on any atom is 0.283 e. The number of thiophene rings is 1. The quantitative estimate of drug-likeness (QED) is 0.716. The third-order valence-electron chi connectivity index (χ3n) is 4.66. The molecule has 124 valence electrons. The summed E-state index contributed by atoms with van der Waals surface area (Å²) in [5.74, 6) is -0.0684. The maximum absolute atomic E-state index is 13.2. The predicted octanol–water partition coefficient (Wildman–Crippen LogP) is 3.60. The molecule has 0 saturated carbocycles.